The number of nitriles is 1. The van der Waals surface area contributed by atoms with E-state index in [4.69, 9.17) is 33.2 Å². The zero-order valence-corrected chi connectivity index (χ0v) is 14.0. The first kappa shape index (κ1) is 18.3. The first-order valence-electron chi connectivity index (χ1n) is 6.54. The van der Waals surface area contributed by atoms with Crippen LogP contribution in [0.2, 0.25) is 10.0 Å². The predicted octanol–water partition coefficient (Wildman–Crippen LogP) is 3.20. The normalized spacial score (nSPS) is 13.1. The Kier molecular flexibility index (Phi) is 6.21. The fourth-order valence-electron chi connectivity index (χ4n) is 1.49. The Bertz CT molecular complexity index is 626. The fraction of sp³-hybridized carbons (Fsp3) is 0.400. The number of ether oxygens (including phenoxy) is 1. The molecule has 0 saturated carbocycles. The number of rotatable bonds is 5. The van der Waals surface area contributed by atoms with Crippen LogP contribution in [0.15, 0.2) is 18.2 Å². The number of carbonyl (C=O) groups excluding carboxylic acids is 2. The minimum atomic E-state index is -1.03. The zero-order valence-electron chi connectivity index (χ0n) is 12.4. The lowest BCUT2D eigenvalue weighted by Gasteiger charge is -2.27. The molecule has 0 radical (unpaired) electrons. The number of nitrogens with one attached hydrogen (secondary N) is 1. The number of esters is 1. The highest BCUT2D eigenvalue weighted by molar-refractivity contribution is 6.36. The van der Waals surface area contributed by atoms with E-state index in [1.807, 2.05) is 19.9 Å². The van der Waals surface area contributed by atoms with Crippen LogP contribution in [-0.2, 0) is 9.53 Å². The van der Waals surface area contributed by atoms with Gasteiger partial charge >= 0.3 is 5.97 Å². The molecule has 0 spiro atoms. The van der Waals surface area contributed by atoms with Crippen LogP contribution < -0.4 is 5.32 Å². The van der Waals surface area contributed by atoms with Crippen LogP contribution in [0.25, 0.3) is 0 Å². The van der Waals surface area contributed by atoms with E-state index in [-0.39, 0.29) is 16.5 Å². The minimum Gasteiger partial charge on any atom is -0.452 e. The lowest BCUT2D eigenvalue weighted by molar-refractivity contribution is -0.125. The molecule has 0 aromatic heterocycles. The van der Waals surface area contributed by atoms with Crippen molar-refractivity contribution in [3.8, 4) is 6.07 Å². The largest absolute Gasteiger partial charge is 0.452 e. The zero-order chi connectivity index (χ0) is 16.9. The number of amides is 1. The van der Waals surface area contributed by atoms with Gasteiger partial charge in [-0.2, -0.15) is 5.26 Å². The van der Waals surface area contributed by atoms with Crippen molar-refractivity contribution in [2.24, 2.45) is 5.92 Å². The topological polar surface area (TPSA) is 79.2 Å². The van der Waals surface area contributed by atoms with Gasteiger partial charge in [-0.25, -0.2) is 4.79 Å². The highest BCUT2D eigenvalue weighted by Gasteiger charge is 2.30. The SMILES string of the molecule is CC(C)[C@](C)(C#N)NC(=O)COC(=O)c1ccc(Cl)cc1Cl. The summed E-state index contributed by atoms with van der Waals surface area (Å²) < 4.78 is 4.89. The van der Waals surface area contributed by atoms with Crippen LogP contribution in [-0.4, -0.2) is 24.0 Å². The van der Waals surface area contributed by atoms with E-state index in [1.165, 1.54) is 18.2 Å². The highest BCUT2D eigenvalue weighted by atomic mass is 35.5. The van der Waals surface area contributed by atoms with Gasteiger partial charge in [-0.1, -0.05) is 37.0 Å². The van der Waals surface area contributed by atoms with Gasteiger partial charge in [0.15, 0.2) is 6.61 Å². The van der Waals surface area contributed by atoms with Crippen LogP contribution in [0.1, 0.15) is 31.1 Å². The fourth-order valence-corrected chi connectivity index (χ4v) is 1.98. The molecule has 0 aliphatic rings. The maximum atomic E-state index is 11.9. The molecule has 1 atom stereocenters. The molecule has 7 heteroatoms. The molecule has 118 valence electrons. The number of benzene rings is 1. The van der Waals surface area contributed by atoms with Gasteiger partial charge in [-0.3, -0.25) is 4.79 Å². The Balaban J connectivity index is 2.65. The Morgan fingerprint density at radius 3 is 2.55 bits per heavy atom. The molecule has 0 aliphatic heterocycles. The van der Waals surface area contributed by atoms with Crippen LogP contribution in [0.3, 0.4) is 0 Å². The van der Waals surface area contributed by atoms with Crippen molar-refractivity contribution in [3.63, 3.8) is 0 Å². The van der Waals surface area contributed by atoms with Gasteiger partial charge in [0.05, 0.1) is 16.7 Å². The number of nitrogens with zero attached hydrogens (tertiary/aromatic N) is 1. The van der Waals surface area contributed by atoms with Gasteiger partial charge in [-0.05, 0) is 31.0 Å². The molecule has 0 aliphatic carbocycles. The van der Waals surface area contributed by atoms with E-state index in [9.17, 15) is 9.59 Å². The Labute approximate surface area is 139 Å². The van der Waals surface area contributed by atoms with E-state index in [1.54, 1.807) is 6.92 Å². The van der Waals surface area contributed by atoms with Crippen molar-refractivity contribution in [2.75, 3.05) is 6.61 Å². The second-order valence-electron chi connectivity index (χ2n) is 5.22. The van der Waals surface area contributed by atoms with E-state index in [0.717, 1.165) is 0 Å². The number of hydrogen-bond acceptors (Lipinski definition) is 4. The maximum Gasteiger partial charge on any atom is 0.340 e. The van der Waals surface area contributed by atoms with Crippen LogP contribution in [0.4, 0.5) is 0 Å². The smallest absolute Gasteiger partial charge is 0.340 e. The van der Waals surface area contributed by atoms with Crippen molar-refractivity contribution in [2.45, 2.75) is 26.3 Å². The third kappa shape index (κ3) is 4.62. The monoisotopic (exact) mass is 342 g/mol. The highest BCUT2D eigenvalue weighted by Crippen LogP contribution is 2.21. The molecule has 0 bridgehead atoms. The van der Waals surface area contributed by atoms with E-state index in [0.29, 0.717) is 5.02 Å². The molecular weight excluding hydrogens is 327 g/mol. The molecule has 0 fully saturated rings. The molecule has 0 unspecified atom stereocenters. The molecule has 5 nitrogen and oxygen atoms in total. The molecule has 0 heterocycles. The summed E-state index contributed by atoms with van der Waals surface area (Å²) in [5, 5.41) is 12.2. The van der Waals surface area contributed by atoms with Crippen LogP contribution in [0.5, 0.6) is 0 Å². The Morgan fingerprint density at radius 1 is 1.41 bits per heavy atom. The maximum absolute atomic E-state index is 11.9. The van der Waals surface area contributed by atoms with E-state index in [2.05, 4.69) is 5.32 Å². The van der Waals surface area contributed by atoms with Gasteiger partial charge in [0.1, 0.15) is 5.54 Å². The lowest BCUT2D eigenvalue weighted by Crippen LogP contribution is -2.50. The summed E-state index contributed by atoms with van der Waals surface area (Å²) in [7, 11) is 0. The summed E-state index contributed by atoms with van der Waals surface area (Å²) in [6.07, 6.45) is 0. The minimum absolute atomic E-state index is 0.0946. The quantitative estimate of drug-likeness (QED) is 0.833. The van der Waals surface area contributed by atoms with Gasteiger partial charge < -0.3 is 10.1 Å². The van der Waals surface area contributed by atoms with E-state index >= 15 is 0 Å². The third-order valence-electron chi connectivity index (χ3n) is 3.27. The molecule has 22 heavy (non-hydrogen) atoms. The van der Waals surface area contributed by atoms with Gasteiger partial charge in [0, 0.05) is 5.02 Å². The standard InChI is InChI=1S/C15H16Cl2N2O3/c1-9(2)15(3,8-18)19-13(20)7-22-14(21)11-5-4-10(16)6-12(11)17/h4-6,9H,7H2,1-3H3,(H,19,20)/t15-/m0/s1. The van der Waals surface area contributed by atoms with Gasteiger partial charge in [-0.15, -0.1) is 0 Å². The van der Waals surface area contributed by atoms with Gasteiger partial charge in [0.2, 0.25) is 0 Å². The molecule has 1 amide bonds. The number of halogens is 2. The average molecular weight is 343 g/mol. The van der Waals surface area contributed by atoms with Crippen molar-refractivity contribution < 1.29 is 14.3 Å². The molecule has 1 aromatic rings. The molecular formula is C15H16Cl2N2O3. The summed E-state index contributed by atoms with van der Waals surface area (Å²) in [5.74, 6) is -1.39. The second-order valence-corrected chi connectivity index (χ2v) is 6.06. The summed E-state index contributed by atoms with van der Waals surface area (Å²) >= 11 is 11.6. The molecule has 1 N–H and O–H groups in total. The van der Waals surface area contributed by atoms with Crippen LogP contribution in [0, 0.1) is 17.2 Å². The van der Waals surface area contributed by atoms with Gasteiger partial charge in [0.25, 0.3) is 5.91 Å². The Hall–Kier alpha value is -1.77. The summed E-state index contributed by atoms with van der Waals surface area (Å²) in [6.45, 7) is 4.72. The summed E-state index contributed by atoms with van der Waals surface area (Å²) in [6, 6.07) is 6.35. The predicted molar refractivity (Wildman–Crippen MR) is 83.7 cm³/mol. The lowest BCUT2D eigenvalue weighted by atomic mass is 9.90. The first-order valence-corrected chi connectivity index (χ1v) is 7.29. The summed E-state index contributed by atoms with van der Waals surface area (Å²) in [4.78, 5) is 23.7. The Morgan fingerprint density at radius 2 is 2.05 bits per heavy atom. The van der Waals surface area contributed by atoms with Crippen molar-refractivity contribution in [1.29, 1.82) is 5.26 Å². The molecule has 1 rings (SSSR count). The van der Waals surface area contributed by atoms with Crippen molar-refractivity contribution in [3.05, 3.63) is 33.8 Å². The first-order chi connectivity index (χ1) is 10.2. The number of carbonyl (C=O) groups is 2. The van der Waals surface area contributed by atoms with Crippen LogP contribution >= 0.6 is 23.2 Å². The molecule has 0 saturated heterocycles. The van der Waals surface area contributed by atoms with Crippen molar-refractivity contribution in [1.82, 2.24) is 5.32 Å². The molecule has 1 aromatic carbocycles. The van der Waals surface area contributed by atoms with Crippen molar-refractivity contribution >= 4 is 35.1 Å². The number of hydrogen-bond donors (Lipinski definition) is 1. The average Bonchev–Trinajstić information content (AvgIpc) is 2.44. The second kappa shape index (κ2) is 7.48. The summed E-state index contributed by atoms with van der Waals surface area (Å²) in [5.41, 5.74) is -0.910. The third-order valence-corrected chi connectivity index (χ3v) is 3.82. The van der Waals surface area contributed by atoms with E-state index < -0.39 is 24.0 Å².